The fourth-order valence-electron chi connectivity index (χ4n) is 3.09. The van der Waals surface area contributed by atoms with Crippen LogP contribution in [0.4, 0.5) is 4.39 Å². The van der Waals surface area contributed by atoms with E-state index in [1.165, 1.54) is 19.3 Å². The van der Waals surface area contributed by atoms with E-state index in [9.17, 15) is 4.39 Å². The molecule has 3 atom stereocenters. The van der Waals surface area contributed by atoms with Gasteiger partial charge in [-0.3, -0.25) is 4.39 Å². The summed E-state index contributed by atoms with van der Waals surface area (Å²) < 4.78 is 12.9. The van der Waals surface area contributed by atoms with Gasteiger partial charge in [0.05, 0.1) is 6.67 Å². The molecule has 1 heteroatoms. The lowest BCUT2D eigenvalue weighted by Crippen LogP contribution is -2.31. The lowest BCUT2D eigenvalue weighted by Gasteiger charge is -2.39. The Kier molecular flexibility index (Phi) is 3.75. The van der Waals surface area contributed by atoms with Crippen molar-refractivity contribution in [2.45, 2.75) is 52.9 Å². The van der Waals surface area contributed by atoms with E-state index in [0.717, 1.165) is 24.7 Å². The maximum absolute atomic E-state index is 12.9. The first-order chi connectivity index (χ1) is 6.09. The van der Waals surface area contributed by atoms with Crippen molar-refractivity contribution in [1.82, 2.24) is 0 Å². The van der Waals surface area contributed by atoms with Gasteiger partial charge in [0, 0.05) is 0 Å². The lowest BCUT2D eigenvalue weighted by molar-refractivity contribution is 0.0814. The first kappa shape index (κ1) is 11.0. The second-order valence-electron chi connectivity index (χ2n) is 5.35. The van der Waals surface area contributed by atoms with Gasteiger partial charge in [0.25, 0.3) is 0 Å². The highest BCUT2D eigenvalue weighted by Gasteiger charge is 2.35. The third-order valence-electron chi connectivity index (χ3n) is 3.38. The Morgan fingerprint density at radius 2 is 2.08 bits per heavy atom. The quantitative estimate of drug-likeness (QED) is 0.619. The average Bonchev–Trinajstić information content (AvgIpc) is 2.03. The van der Waals surface area contributed by atoms with Gasteiger partial charge in [-0.25, -0.2) is 0 Å². The molecule has 0 N–H and O–H groups in total. The maximum Gasteiger partial charge on any atom is 0.0948 e. The smallest absolute Gasteiger partial charge is 0.0948 e. The van der Waals surface area contributed by atoms with Crippen LogP contribution in [0.2, 0.25) is 0 Å². The van der Waals surface area contributed by atoms with Crippen LogP contribution in [0.15, 0.2) is 0 Å². The second kappa shape index (κ2) is 4.43. The zero-order valence-electron chi connectivity index (χ0n) is 9.28. The molecule has 13 heavy (non-hydrogen) atoms. The minimum absolute atomic E-state index is 0.00248. The van der Waals surface area contributed by atoms with Crippen molar-refractivity contribution in [1.29, 1.82) is 0 Å². The second-order valence-corrected chi connectivity index (χ2v) is 5.35. The Morgan fingerprint density at radius 1 is 1.38 bits per heavy atom. The van der Waals surface area contributed by atoms with Gasteiger partial charge in [0.1, 0.15) is 0 Å². The highest BCUT2D eigenvalue weighted by molar-refractivity contribution is 4.85. The van der Waals surface area contributed by atoms with Gasteiger partial charge in [0.2, 0.25) is 0 Å². The van der Waals surface area contributed by atoms with Crippen molar-refractivity contribution in [2.75, 3.05) is 6.67 Å². The molecular formula is C12H23F. The van der Waals surface area contributed by atoms with Crippen molar-refractivity contribution < 1.29 is 4.39 Å². The van der Waals surface area contributed by atoms with Crippen molar-refractivity contribution in [3.63, 3.8) is 0 Å². The summed E-state index contributed by atoms with van der Waals surface area (Å²) in [6.07, 6.45) is 6.06. The van der Waals surface area contributed by atoms with Crippen LogP contribution in [-0.4, -0.2) is 6.67 Å². The Labute approximate surface area is 81.9 Å². The molecule has 0 aromatic carbocycles. The van der Waals surface area contributed by atoms with Gasteiger partial charge < -0.3 is 0 Å². The van der Waals surface area contributed by atoms with E-state index in [2.05, 4.69) is 20.8 Å². The van der Waals surface area contributed by atoms with E-state index in [0.29, 0.717) is 0 Å². The van der Waals surface area contributed by atoms with Crippen LogP contribution in [0.1, 0.15) is 52.9 Å². The molecule has 1 aliphatic carbocycles. The largest absolute Gasteiger partial charge is 0.251 e. The van der Waals surface area contributed by atoms with Crippen LogP contribution in [0.5, 0.6) is 0 Å². The number of rotatable bonds is 3. The average molecular weight is 186 g/mol. The molecule has 0 saturated heterocycles. The number of hydrogen-bond donors (Lipinski definition) is 0. The SMILES string of the molecule is CCCC1CC(C)CC(C)(CF)C1. The van der Waals surface area contributed by atoms with Crippen molar-refractivity contribution >= 4 is 0 Å². The van der Waals surface area contributed by atoms with E-state index < -0.39 is 0 Å². The number of hydrogen-bond acceptors (Lipinski definition) is 0. The molecule has 0 aromatic heterocycles. The highest BCUT2D eigenvalue weighted by Crippen LogP contribution is 2.43. The maximum atomic E-state index is 12.9. The van der Waals surface area contributed by atoms with E-state index in [1.807, 2.05) is 0 Å². The molecule has 0 nitrogen and oxygen atoms in total. The fourth-order valence-corrected chi connectivity index (χ4v) is 3.09. The predicted octanol–water partition coefficient (Wildman–Crippen LogP) is 4.20. The molecule has 0 bridgehead atoms. The molecule has 1 saturated carbocycles. The van der Waals surface area contributed by atoms with Gasteiger partial charge in [-0.1, -0.05) is 33.6 Å². The highest BCUT2D eigenvalue weighted by atomic mass is 19.1. The third kappa shape index (κ3) is 2.96. The first-order valence-electron chi connectivity index (χ1n) is 5.65. The van der Waals surface area contributed by atoms with Crippen molar-refractivity contribution in [3.05, 3.63) is 0 Å². The summed E-state index contributed by atoms with van der Waals surface area (Å²) in [7, 11) is 0. The molecule has 1 aliphatic rings. The topological polar surface area (TPSA) is 0 Å². The van der Waals surface area contributed by atoms with E-state index in [4.69, 9.17) is 0 Å². The summed E-state index contributed by atoms with van der Waals surface area (Å²) in [5, 5.41) is 0. The Hall–Kier alpha value is -0.0700. The lowest BCUT2D eigenvalue weighted by atomic mass is 9.66. The van der Waals surface area contributed by atoms with Gasteiger partial charge in [-0.15, -0.1) is 0 Å². The van der Waals surface area contributed by atoms with Crippen LogP contribution >= 0.6 is 0 Å². The number of halogens is 1. The van der Waals surface area contributed by atoms with Gasteiger partial charge in [0.15, 0.2) is 0 Å². The Bertz CT molecular complexity index is 155. The summed E-state index contributed by atoms with van der Waals surface area (Å²) in [4.78, 5) is 0. The van der Waals surface area contributed by atoms with E-state index >= 15 is 0 Å². The molecule has 1 fully saturated rings. The monoisotopic (exact) mass is 186 g/mol. The van der Waals surface area contributed by atoms with Gasteiger partial charge in [-0.05, 0) is 36.5 Å². The van der Waals surface area contributed by atoms with Crippen LogP contribution in [0.3, 0.4) is 0 Å². The van der Waals surface area contributed by atoms with E-state index in [-0.39, 0.29) is 12.1 Å². The Morgan fingerprint density at radius 3 is 2.62 bits per heavy atom. The van der Waals surface area contributed by atoms with Crippen LogP contribution in [-0.2, 0) is 0 Å². The first-order valence-corrected chi connectivity index (χ1v) is 5.65. The van der Waals surface area contributed by atoms with Gasteiger partial charge >= 0.3 is 0 Å². The minimum atomic E-state index is -0.127. The Balaban J connectivity index is 2.52. The summed E-state index contributed by atoms with van der Waals surface area (Å²) in [5.74, 6) is 1.51. The summed E-state index contributed by atoms with van der Waals surface area (Å²) in [5.41, 5.74) is -0.00248. The summed E-state index contributed by atoms with van der Waals surface area (Å²) in [6.45, 7) is 6.49. The molecule has 0 radical (unpaired) electrons. The molecule has 1 rings (SSSR count). The number of alkyl halides is 1. The van der Waals surface area contributed by atoms with Crippen LogP contribution < -0.4 is 0 Å². The van der Waals surface area contributed by atoms with E-state index in [1.54, 1.807) is 0 Å². The molecule has 0 amide bonds. The molecule has 0 aliphatic heterocycles. The van der Waals surface area contributed by atoms with Crippen molar-refractivity contribution in [3.8, 4) is 0 Å². The van der Waals surface area contributed by atoms with Crippen LogP contribution in [0.25, 0.3) is 0 Å². The molecule has 78 valence electrons. The third-order valence-corrected chi connectivity index (χ3v) is 3.38. The molecule has 0 spiro atoms. The predicted molar refractivity (Wildman–Crippen MR) is 55.5 cm³/mol. The van der Waals surface area contributed by atoms with Gasteiger partial charge in [-0.2, -0.15) is 0 Å². The summed E-state index contributed by atoms with van der Waals surface area (Å²) in [6, 6.07) is 0. The molecular weight excluding hydrogens is 163 g/mol. The van der Waals surface area contributed by atoms with Crippen LogP contribution in [0, 0.1) is 17.3 Å². The minimum Gasteiger partial charge on any atom is -0.251 e. The zero-order chi connectivity index (χ0) is 9.90. The molecule has 0 heterocycles. The molecule has 0 aromatic rings. The standard InChI is InChI=1S/C12H23F/c1-4-5-11-6-10(2)7-12(3,8-11)9-13/h10-11H,4-9H2,1-3H3. The zero-order valence-corrected chi connectivity index (χ0v) is 9.28. The normalized spacial score (nSPS) is 40.6. The molecule has 3 unspecified atom stereocenters. The fraction of sp³-hybridized carbons (Fsp3) is 1.00. The summed E-state index contributed by atoms with van der Waals surface area (Å²) >= 11 is 0. The van der Waals surface area contributed by atoms with Crippen molar-refractivity contribution in [2.24, 2.45) is 17.3 Å².